The van der Waals surface area contributed by atoms with Crippen molar-refractivity contribution in [3.05, 3.63) is 206 Å². The summed E-state index contributed by atoms with van der Waals surface area (Å²) in [5.41, 5.74) is 14.1. The molecule has 0 saturated carbocycles. The molecule has 0 aliphatic heterocycles. The smallest absolute Gasteiger partial charge is 0.0547 e. The molecule has 0 N–H and O–H groups in total. The number of rotatable bonds is 7. The van der Waals surface area contributed by atoms with Gasteiger partial charge >= 0.3 is 0 Å². The van der Waals surface area contributed by atoms with Gasteiger partial charge in [0.25, 0.3) is 0 Å². The van der Waals surface area contributed by atoms with Gasteiger partial charge in [0.2, 0.25) is 0 Å². The van der Waals surface area contributed by atoms with Crippen molar-refractivity contribution >= 4 is 38.9 Å². The summed E-state index contributed by atoms with van der Waals surface area (Å²) in [6, 6.07) is 74.0. The average Bonchev–Trinajstić information content (AvgIpc) is 3.53. The van der Waals surface area contributed by atoms with E-state index in [1.54, 1.807) is 0 Å². The van der Waals surface area contributed by atoms with Crippen molar-refractivity contribution in [2.24, 2.45) is 0 Å². The highest BCUT2D eigenvalue weighted by Gasteiger charge is 2.17. The van der Waals surface area contributed by atoms with Gasteiger partial charge in [0, 0.05) is 33.4 Å². The Hall–Kier alpha value is -6.64. The highest BCUT2D eigenvalue weighted by molar-refractivity contribution is 6.10. The Kier molecular flexibility index (Phi) is 7.53. The minimum Gasteiger partial charge on any atom is -0.311 e. The first-order valence-electron chi connectivity index (χ1n) is 17.1. The van der Waals surface area contributed by atoms with Gasteiger partial charge in [-0.2, -0.15) is 0 Å². The normalized spacial score (nSPS) is 11.2. The zero-order chi connectivity index (χ0) is 33.3. The molecule has 2 nitrogen and oxygen atoms in total. The van der Waals surface area contributed by atoms with Crippen LogP contribution in [0.4, 0.5) is 17.1 Å². The molecule has 0 aliphatic carbocycles. The van der Waals surface area contributed by atoms with Crippen LogP contribution in [0.1, 0.15) is 0 Å². The van der Waals surface area contributed by atoms with Gasteiger partial charge in [-0.05, 0) is 82.4 Å². The van der Waals surface area contributed by atoms with E-state index in [1.165, 1.54) is 55.2 Å². The first-order chi connectivity index (χ1) is 24.8. The number of hydrogen-bond acceptors (Lipinski definition) is 1. The summed E-state index contributed by atoms with van der Waals surface area (Å²) < 4.78 is 2.44. The molecule has 9 aromatic rings. The molecule has 9 rings (SSSR count). The average molecular weight is 639 g/mol. The maximum Gasteiger partial charge on any atom is 0.0547 e. The molecule has 0 bridgehead atoms. The highest BCUT2D eigenvalue weighted by Crippen LogP contribution is 2.40. The van der Waals surface area contributed by atoms with Crippen molar-refractivity contribution in [3.63, 3.8) is 0 Å². The maximum absolute atomic E-state index is 2.44. The summed E-state index contributed by atoms with van der Waals surface area (Å²) in [7, 11) is 0. The Bertz CT molecular complexity index is 2550. The van der Waals surface area contributed by atoms with E-state index in [2.05, 4.69) is 216 Å². The van der Waals surface area contributed by atoms with Crippen molar-refractivity contribution in [1.29, 1.82) is 0 Å². The fourth-order valence-electron chi connectivity index (χ4n) is 7.20. The van der Waals surface area contributed by atoms with Gasteiger partial charge in [-0.25, -0.2) is 0 Å². The lowest BCUT2D eigenvalue weighted by Gasteiger charge is -2.26. The first-order valence-corrected chi connectivity index (χ1v) is 17.1. The molecular weight excluding hydrogens is 605 g/mol. The lowest BCUT2D eigenvalue weighted by atomic mass is 10.0. The summed E-state index contributed by atoms with van der Waals surface area (Å²) in [4.78, 5) is 2.32. The van der Waals surface area contributed by atoms with Crippen LogP contribution in [0.2, 0.25) is 0 Å². The summed E-state index contributed by atoms with van der Waals surface area (Å²) >= 11 is 0. The molecular formula is C48H34N2. The van der Waals surface area contributed by atoms with E-state index in [-0.39, 0.29) is 0 Å². The van der Waals surface area contributed by atoms with Crippen molar-refractivity contribution in [1.82, 2.24) is 4.57 Å². The summed E-state index contributed by atoms with van der Waals surface area (Å²) in [5.74, 6) is 0. The van der Waals surface area contributed by atoms with Crippen molar-refractivity contribution in [2.75, 3.05) is 4.90 Å². The second-order valence-corrected chi connectivity index (χ2v) is 12.6. The molecule has 0 spiro atoms. The van der Waals surface area contributed by atoms with Crippen LogP contribution < -0.4 is 4.90 Å². The Morgan fingerprint density at radius 3 is 1.44 bits per heavy atom. The molecule has 236 valence electrons. The van der Waals surface area contributed by atoms with Crippen LogP contribution in [0.5, 0.6) is 0 Å². The SMILES string of the molecule is c1ccc(-c2ccc(N(c3ccccc3)c3ccc(-c4ccccc4-n4c5ccccc5c5ccc(-c6ccccc6)cc54)cc3)cc2)cc1. The minimum atomic E-state index is 1.11. The number of nitrogens with zero attached hydrogens (tertiary/aromatic N) is 2. The topological polar surface area (TPSA) is 8.17 Å². The van der Waals surface area contributed by atoms with Gasteiger partial charge < -0.3 is 9.47 Å². The van der Waals surface area contributed by atoms with Gasteiger partial charge in [-0.15, -0.1) is 0 Å². The molecule has 0 atom stereocenters. The van der Waals surface area contributed by atoms with Crippen molar-refractivity contribution in [3.8, 4) is 39.1 Å². The predicted octanol–water partition coefficient (Wildman–Crippen LogP) is 13.3. The van der Waals surface area contributed by atoms with Crippen LogP contribution in [0.3, 0.4) is 0 Å². The van der Waals surface area contributed by atoms with Crippen molar-refractivity contribution in [2.45, 2.75) is 0 Å². The van der Waals surface area contributed by atoms with Crippen LogP contribution in [-0.4, -0.2) is 4.57 Å². The molecule has 0 fully saturated rings. The summed E-state index contributed by atoms with van der Waals surface area (Å²) in [5, 5.41) is 2.51. The molecule has 8 aromatic carbocycles. The molecule has 0 saturated heterocycles. The monoisotopic (exact) mass is 638 g/mol. The van der Waals surface area contributed by atoms with Gasteiger partial charge in [0.05, 0.1) is 16.7 Å². The predicted molar refractivity (Wildman–Crippen MR) is 212 cm³/mol. The van der Waals surface area contributed by atoms with Crippen LogP contribution in [0.15, 0.2) is 206 Å². The summed E-state index contributed by atoms with van der Waals surface area (Å²) in [6.45, 7) is 0. The molecule has 1 aromatic heterocycles. The van der Waals surface area contributed by atoms with E-state index in [0.717, 1.165) is 22.7 Å². The van der Waals surface area contributed by atoms with E-state index < -0.39 is 0 Å². The van der Waals surface area contributed by atoms with Gasteiger partial charge in [-0.3, -0.25) is 0 Å². The molecule has 0 aliphatic rings. The fraction of sp³-hybridized carbons (Fsp3) is 0. The van der Waals surface area contributed by atoms with Gasteiger partial charge in [0.15, 0.2) is 0 Å². The Morgan fingerprint density at radius 1 is 0.300 bits per heavy atom. The van der Waals surface area contributed by atoms with Crippen LogP contribution in [0, 0.1) is 0 Å². The first kappa shape index (κ1) is 29.5. The molecule has 0 amide bonds. The van der Waals surface area contributed by atoms with E-state index in [0.29, 0.717) is 0 Å². The number of fused-ring (bicyclic) bond motifs is 3. The van der Waals surface area contributed by atoms with E-state index in [1.807, 2.05) is 0 Å². The summed E-state index contributed by atoms with van der Waals surface area (Å²) in [6.07, 6.45) is 0. The quantitative estimate of drug-likeness (QED) is 0.169. The molecule has 2 heteroatoms. The minimum absolute atomic E-state index is 1.11. The van der Waals surface area contributed by atoms with E-state index in [9.17, 15) is 0 Å². The maximum atomic E-state index is 2.44. The third kappa shape index (κ3) is 5.34. The van der Waals surface area contributed by atoms with Crippen molar-refractivity contribution < 1.29 is 0 Å². The van der Waals surface area contributed by atoms with Crippen LogP contribution in [-0.2, 0) is 0 Å². The van der Waals surface area contributed by atoms with E-state index in [4.69, 9.17) is 0 Å². The number of anilines is 3. The standard InChI is InChI=1S/C48H34N2/c1-4-14-35(15-5-1)37-24-29-41(30-25-37)49(40-18-8-3-9-19-40)42-31-26-38(27-32-42)43-20-10-12-22-46(43)50-47-23-13-11-21-44(47)45-33-28-39(34-48(45)50)36-16-6-2-7-17-36/h1-34H. The lowest BCUT2D eigenvalue weighted by molar-refractivity contribution is 1.18. The molecule has 0 unspecified atom stereocenters. The third-order valence-electron chi connectivity index (χ3n) is 9.61. The zero-order valence-corrected chi connectivity index (χ0v) is 27.5. The molecule has 0 radical (unpaired) electrons. The number of aromatic nitrogens is 1. The fourth-order valence-corrected chi connectivity index (χ4v) is 7.20. The van der Waals surface area contributed by atoms with Gasteiger partial charge in [-0.1, -0.05) is 152 Å². The molecule has 1 heterocycles. The van der Waals surface area contributed by atoms with E-state index >= 15 is 0 Å². The largest absolute Gasteiger partial charge is 0.311 e. The van der Waals surface area contributed by atoms with Crippen LogP contribution >= 0.6 is 0 Å². The Morgan fingerprint density at radius 2 is 0.760 bits per heavy atom. The third-order valence-corrected chi connectivity index (χ3v) is 9.61. The van der Waals surface area contributed by atoms with Gasteiger partial charge in [0.1, 0.15) is 0 Å². The second kappa shape index (κ2) is 12.8. The zero-order valence-electron chi connectivity index (χ0n) is 27.5. The molecule has 50 heavy (non-hydrogen) atoms. The lowest BCUT2D eigenvalue weighted by Crippen LogP contribution is -2.09. The van der Waals surface area contributed by atoms with Crippen LogP contribution in [0.25, 0.3) is 60.9 Å². The highest BCUT2D eigenvalue weighted by atomic mass is 15.1. The number of hydrogen-bond donors (Lipinski definition) is 0. The Balaban J connectivity index is 1.14. The Labute approximate surface area is 292 Å². The number of benzene rings is 8. The second-order valence-electron chi connectivity index (χ2n) is 12.6. The number of para-hydroxylation sites is 3.